The summed E-state index contributed by atoms with van der Waals surface area (Å²) < 4.78 is 40.1. The van der Waals surface area contributed by atoms with Gasteiger partial charge < -0.3 is 14.7 Å². The van der Waals surface area contributed by atoms with Crippen molar-refractivity contribution in [2.24, 2.45) is 0 Å². The van der Waals surface area contributed by atoms with Gasteiger partial charge in [0, 0.05) is 20.1 Å². The Hall–Kier alpha value is -0.330. The van der Waals surface area contributed by atoms with Crippen molar-refractivity contribution in [1.29, 1.82) is 0 Å². The highest BCUT2D eigenvalue weighted by Gasteiger charge is 2.26. The summed E-state index contributed by atoms with van der Waals surface area (Å²) in [6.07, 6.45) is -5.46. The molecule has 0 radical (unpaired) electrons. The number of nitrogens with zero attached hydrogens (tertiary/aromatic N) is 1. The Labute approximate surface area is 87.8 Å². The lowest BCUT2D eigenvalue weighted by Gasteiger charge is -2.20. The molecular weight excluding hydrogens is 211 g/mol. The van der Waals surface area contributed by atoms with Crippen LogP contribution in [0.3, 0.4) is 0 Å². The van der Waals surface area contributed by atoms with Crippen LogP contribution in [0.2, 0.25) is 0 Å². The molecule has 0 saturated heterocycles. The number of aliphatic hydroxyl groups excluding tert-OH is 1. The molecule has 0 aromatic heterocycles. The van der Waals surface area contributed by atoms with Crippen LogP contribution >= 0.6 is 0 Å². The van der Waals surface area contributed by atoms with E-state index in [1.807, 2.05) is 0 Å². The molecule has 0 rings (SSSR count). The molecule has 0 saturated carbocycles. The van der Waals surface area contributed by atoms with Crippen LogP contribution in [0.5, 0.6) is 0 Å². The van der Waals surface area contributed by atoms with Crippen molar-refractivity contribution in [3.05, 3.63) is 0 Å². The van der Waals surface area contributed by atoms with Crippen LogP contribution in [0.25, 0.3) is 0 Å². The Balaban J connectivity index is 3.53. The molecule has 0 aliphatic rings. The fourth-order valence-electron chi connectivity index (χ4n) is 1.25. The third kappa shape index (κ3) is 9.96. The van der Waals surface area contributed by atoms with Gasteiger partial charge >= 0.3 is 6.18 Å². The summed E-state index contributed by atoms with van der Waals surface area (Å²) in [4.78, 5) is 1.66. The van der Waals surface area contributed by atoms with E-state index < -0.39 is 18.7 Å². The Morgan fingerprint density at radius 2 is 2.00 bits per heavy atom. The average Bonchev–Trinajstić information content (AvgIpc) is 2.01. The minimum atomic E-state index is -4.09. The standard InChI is InChI=1S/C9H18F3NO2/c1-13(6-8(14)7-15-2)5-3-4-9(10,11)12/h8,14H,3-7H2,1-2H3. The van der Waals surface area contributed by atoms with E-state index in [-0.39, 0.29) is 13.0 Å². The largest absolute Gasteiger partial charge is 0.389 e. The number of rotatable bonds is 7. The van der Waals surface area contributed by atoms with Gasteiger partial charge in [-0.2, -0.15) is 13.2 Å². The van der Waals surface area contributed by atoms with Gasteiger partial charge in [-0.25, -0.2) is 0 Å². The van der Waals surface area contributed by atoms with Crippen LogP contribution < -0.4 is 0 Å². The molecule has 0 aliphatic carbocycles. The van der Waals surface area contributed by atoms with Gasteiger partial charge in [0.05, 0.1) is 12.7 Å². The van der Waals surface area contributed by atoms with Gasteiger partial charge in [0.25, 0.3) is 0 Å². The monoisotopic (exact) mass is 229 g/mol. The summed E-state index contributed by atoms with van der Waals surface area (Å²) in [5.41, 5.74) is 0. The van der Waals surface area contributed by atoms with Crippen molar-refractivity contribution < 1.29 is 23.0 Å². The summed E-state index contributed by atoms with van der Waals surface area (Å²) in [6, 6.07) is 0. The molecule has 6 heteroatoms. The number of methoxy groups -OCH3 is 1. The van der Waals surface area contributed by atoms with E-state index in [2.05, 4.69) is 0 Å². The first-order valence-electron chi connectivity index (χ1n) is 4.77. The van der Waals surface area contributed by atoms with Crippen molar-refractivity contribution in [1.82, 2.24) is 4.90 Å². The lowest BCUT2D eigenvalue weighted by atomic mass is 10.2. The predicted molar refractivity (Wildman–Crippen MR) is 50.7 cm³/mol. The summed E-state index contributed by atoms with van der Waals surface area (Å²) in [6.45, 7) is 0.843. The summed E-state index contributed by atoms with van der Waals surface area (Å²) in [5, 5.41) is 9.29. The summed E-state index contributed by atoms with van der Waals surface area (Å²) >= 11 is 0. The molecular formula is C9H18F3NO2. The number of aliphatic hydroxyl groups is 1. The Morgan fingerprint density at radius 1 is 1.40 bits per heavy atom. The van der Waals surface area contributed by atoms with Crippen molar-refractivity contribution in [2.45, 2.75) is 25.1 Å². The van der Waals surface area contributed by atoms with E-state index in [1.54, 1.807) is 11.9 Å². The highest BCUT2D eigenvalue weighted by Crippen LogP contribution is 2.21. The van der Waals surface area contributed by atoms with Gasteiger partial charge in [-0.15, -0.1) is 0 Å². The molecule has 1 N–H and O–H groups in total. The molecule has 1 atom stereocenters. The van der Waals surface area contributed by atoms with Gasteiger partial charge in [0.1, 0.15) is 0 Å². The SMILES string of the molecule is COCC(O)CN(C)CCCC(F)(F)F. The van der Waals surface area contributed by atoms with Crippen molar-refractivity contribution in [3.63, 3.8) is 0 Å². The van der Waals surface area contributed by atoms with Gasteiger partial charge in [0.15, 0.2) is 0 Å². The van der Waals surface area contributed by atoms with Crippen LogP contribution in [0.15, 0.2) is 0 Å². The highest BCUT2D eigenvalue weighted by atomic mass is 19.4. The normalized spacial score (nSPS) is 14.6. The van der Waals surface area contributed by atoms with E-state index in [1.165, 1.54) is 7.11 Å². The first-order chi connectivity index (χ1) is 6.85. The van der Waals surface area contributed by atoms with Crippen molar-refractivity contribution >= 4 is 0 Å². The molecule has 92 valence electrons. The highest BCUT2D eigenvalue weighted by molar-refractivity contribution is 4.61. The second-order valence-corrected chi connectivity index (χ2v) is 3.59. The average molecular weight is 229 g/mol. The second kappa shape index (κ2) is 7.03. The maximum atomic E-state index is 11.8. The number of hydrogen-bond acceptors (Lipinski definition) is 3. The van der Waals surface area contributed by atoms with E-state index >= 15 is 0 Å². The minimum absolute atomic E-state index is 0.0553. The van der Waals surface area contributed by atoms with E-state index in [4.69, 9.17) is 4.74 Å². The number of likely N-dealkylation sites (N-methyl/N-ethyl adjacent to an activating group) is 1. The number of hydrogen-bond donors (Lipinski definition) is 1. The molecule has 3 nitrogen and oxygen atoms in total. The molecule has 0 spiro atoms. The Bertz CT molecular complexity index is 164. The molecule has 0 aliphatic heterocycles. The van der Waals surface area contributed by atoms with Gasteiger partial charge in [-0.1, -0.05) is 0 Å². The van der Waals surface area contributed by atoms with Crippen LogP contribution in [0.4, 0.5) is 13.2 Å². The van der Waals surface area contributed by atoms with Crippen LogP contribution in [-0.4, -0.2) is 56.1 Å². The molecule has 0 bridgehead atoms. The van der Waals surface area contributed by atoms with Gasteiger partial charge in [-0.3, -0.25) is 0 Å². The predicted octanol–water partition coefficient (Wildman–Crippen LogP) is 1.27. The topological polar surface area (TPSA) is 32.7 Å². The maximum Gasteiger partial charge on any atom is 0.389 e. The number of ether oxygens (including phenoxy) is 1. The zero-order valence-electron chi connectivity index (χ0n) is 9.05. The molecule has 0 aromatic carbocycles. The quantitative estimate of drug-likeness (QED) is 0.713. The van der Waals surface area contributed by atoms with Gasteiger partial charge in [-0.05, 0) is 20.0 Å². The van der Waals surface area contributed by atoms with Crippen LogP contribution in [0, 0.1) is 0 Å². The van der Waals surface area contributed by atoms with Crippen molar-refractivity contribution in [3.8, 4) is 0 Å². The van der Waals surface area contributed by atoms with E-state index in [0.29, 0.717) is 13.1 Å². The molecule has 0 amide bonds. The molecule has 0 heterocycles. The fourth-order valence-corrected chi connectivity index (χ4v) is 1.25. The minimum Gasteiger partial charge on any atom is -0.389 e. The zero-order valence-corrected chi connectivity index (χ0v) is 9.05. The lowest BCUT2D eigenvalue weighted by molar-refractivity contribution is -0.136. The van der Waals surface area contributed by atoms with E-state index in [0.717, 1.165) is 0 Å². The maximum absolute atomic E-state index is 11.8. The van der Waals surface area contributed by atoms with Gasteiger partial charge in [0.2, 0.25) is 0 Å². The molecule has 1 unspecified atom stereocenters. The Morgan fingerprint density at radius 3 is 2.47 bits per heavy atom. The second-order valence-electron chi connectivity index (χ2n) is 3.59. The van der Waals surface area contributed by atoms with Crippen molar-refractivity contribution in [2.75, 3.05) is 33.9 Å². The third-order valence-electron chi connectivity index (χ3n) is 1.88. The smallest absolute Gasteiger partial charge is 0.389 e. The first-order valence-corrected chi connectivity index (χ1v) is 4.77. The number of halogens is 3. The van der Waals surface area contributed by atoms with Crippen LogP contribution in [0.1, 0.15) is 12.8 Å². The number of alkyl halides is 3. The fraction of sp³-hybridized carbons (Fsp3) is 1.00. The molecule has 0 fully saturated rings. The third-order valence-corrected chi connectivity index (χ3v) is 1.88. The molecule has 0 aromatic rings. The summed E-state index contributed by atoms with van der Waals surface area (Å²) in [7, 11) is 3.14. The zero-order chi connectivity index (χ0) is 11.9. The lowest BCUT2D eigenvalue weighted by Crippen LogP contribution is -2.32. The first kappa shape index (κ1) is 14.7. The molecule has 15 heavy (non-hydrogen) atoms. The van der Waals surface area contributed by atoms with E-state index in [9.17, 15) is 18.3 Å². The van der Waals surface area contributed by atoms with Crippen LogP contribution in [-0.2, 0) is 4.74 Å². The Kier molecular flexibility index (Phi) is 6.87. The summed E-state index contributed by atoms with van der Waals surface area (Å²) in [5.74, 6) is 0.